The molecule has 59 heavy (non-hydrogen) atoms. The van der Waals surface area contributed by atoms with Crippen molar-refractivity contribution in [1.82, 2.24) is 19.7 Å². The first-order chi connectivity index (χ1) is 28.0. The predicted octanol–water partition coefficient (Wildman–Crippen LogP) is 6.41. The van der Waals surface area contributed by atoms with Crippen LogP contribution in [0.25, 0.3) is 0 Å². The summed E-state index contributed by atoms with van der Waals surface area (Å²) in [7, 11) is 1.67. The summed E-state index contributed by atoms with van der Waals surface area (Å²) in [5.41, 5.74) is 4.19. The monoisotopic (exact) mass is 800 g/mol. The van der Waals surface area contributed by atoms with Crippen molar-refractivity contribution < 1.29 is 33.8 Å². The molecule has 4 aromatic rings. The molecular weight excluding hydrogens is 749 g/mol. The van der Waals surface area contributed by atoms with E-state index in [2.05, 4.69) is 20.5 Å². The number of aromatic nitrogens is 1. The maximum Gasteiger partial charge on any atom is 0.410 e. The topological polar surface area (TPSA) is 161 Å². The molecule has 0 bridgehead atoms. The summed E-state index contributed by atoms with van der Waals surface area (Å²) in [6.07, 6.45) is 3.36. The average Bonchev–Trinajstić information content (AvgIpc) is 3.71. The van der Waals surface area contributed by atoms with Gasteiger partial charge in [0.05, 0.1) is 11.0 Å². The van der Waals surface area contributed by atoms with Crippen LogP contribution in [0, 0.1) is 5.41 Å². The summed E-state index contributed by atoms with van der Waals surface area (Å²) >= 11 is 0. The van der Waals surface area contributed by atoms with Crippen LogP contribution in [0.1, 0.15) is 84.3 Å². The van der Waals surface area contributed by atoms with E-state index in [9.17, 15) is 29.1 Å². The van der Waals surface area contributed by atoms with Crippen molar-refractivity contribution in [3.05, 3.63) is 124 Å². The molecule has 3 heterocycles. The Hall–Kier alpha value is -6.08. The Morgan fingerprint density at radius 2 is 1.59 bits per heavy atom. The molecule has 1 aliphatic carbocycles. The predicted molar refractivity (Wildman–Crippen MR) is 223 cm³/mol. The zero-order valence-electron chi connectivity index (χ0n) is 34.3. The van der Waals surface area contributed by atoms with Crippen LogP contribution in [0.5, 0.6) is 0 Å². The van der Waals surface area contributed by atoms with Gasteiger partial charge in [-0.05, 0) is 118 Å². The highest BCUT2D eigenvalue weighted by Gasteiger charge is 2.51. The molecule has 4 amide bonds. The first-order valence-electron chi connectivity index (χ1n) is 20.1. The minimum absolute atomic E-state index is 0.0755. The average molecular weight is 801 g/mol. The number of amides is 4. The van der Waals surface area contributed by atoms with Gasteiger partial charge in [0.25, 0.3) is 0 Å². The third kappa shape index (κ3) is 9.00. The van der Waals surface area contributed by atoms with Crippen molar-refractivity contribution in [1.29, 1.82) is 0 Å². The molecule has 7 rings (SSSR count). The van der Waals surface area contributed by atoms with Gasteiger partial charge in [-0.1, -0.05) is 55.5 Å². The first-order valence-corrected chi connectivity index (χ1v) is 20.1. The van der Waals surface area contributed by atoms with E-state index in [0.29, 0.717) is 56.8 Å². The second-order valence-corrected chi connectivity index (χ2v) is 17.4. The van der Waals surface area contributed by atoms with Crippen LogP contribution in [0.4, 0.5) is 16.3 Å². The van der Waals surface area contributed by atoms with E-state index in [4.69, 9.17) is 4.74 Å². The number of carbonyl (C=O) groups is 5. The number of rotatable bonds is 11. The fourth-order valence-electron chi connectivity index (χ4n) is 8.46. The summed E-state index contributed by atoms with van der Waals surface area (Å²) < 4.78 is 5.59. The summed E-state index contributed by atoms with van der Waals surface area (Å²) in [5, 5.41) is 15.3. The van der Waals surface area contributed by atoms with Gasteiger partial charge < -0.3 is 30.3 Å². The van der Waals surface area contributed by atoms with E-state index in [1.165, 1.54) is 4.90 Å². The van der Waals surface area contributed by atoms with Crippen molar-refractivity contribution in [2.45, 2.75) is 84.0 Å². The van der Waals surface area contributed by atoms with Crippen molar-refractivity contribution in [3.63, 3.8) is 0 Å². The van der Waals surface area contributed by atoms with Crippen LogP contribution in [-0.4, -0.2) is 86.9 Å². The van der Waals surface area contributed by atoms with Gasteiger partial charge in [-0.3, -0.25) is 19.3 Å². The molecule has 1 fully saturated rings. The fourth-order valence-corrected chi connectivity index (χ4v) is 8.46. The number of benzene rings is 3. The van der Waals surface area contributed by atoms with Crippen LogP contribution in [0.3, 0.4) is 0 Å². The minimum Gasteiger partial charge on any atom is -0.478 e. The third-order valence-electron chi connectivity index (χ3n) is 11.8. The number of anilines is 2. The number of carboxylic acids is 1. The molecule has 1 saturated heterocycles. The van der Waals surface area contributed by atoms with E-state index >= 15 is 0 Å². The van der Waals surface area contributed by atoms with Gasteiger partial charge >= 0.3 is 12.1 Å². The Balaban J connectivity index is 1.08. The van der Waals surface area contributed by atoms with Gasteiger partial charge in [0, 0.05) is 49.5 Å². The summed E-state index contributed by atoms with van der Waals surface area (Å²) in [6.45, 7) is 9.52. The van der Waals surface area contributed by atoms with E-state index in [1.807, 2.05) is 94.4 Å². The molecule has 13 heteroatoms. The third-order valence-corrected chi connectivity index (χ3v) is 11.8. The fraction of sp³-hybridized carbons (Fsp3) is 0.391. The number of carbonyl (C=O) groups excluding carboxylic acids is 4. The highest BCUT2D eigenvalue weighted by Crippen LogP contribution is 2.47. The molecule has 1 spiro atoms. The minimum atomic E-state index is -0.968. The number of aromatic carboxylic acids is 1. The number of ether oxygens (including phenoxy) is 1. The number of nitrogens with one attached hydrogen (secondary N) is 2. The zero-order chi connectivity index (χ0) is 42.1. The molecule has 2 aliphatic heterocycles. The SMILES string of the molecule is CN(Cc1ccccc1CN(CC(=O)Nc1ccc2c(c1)C[C@@]1(C2)C(=O)Nc2ncccc21)C(=O)C1(C)CCN(Cc2ccc(C(=O)O)cc2)CC1)C(=O)OC(C)(C)C. The van der Waals surface area contributed by atoms with Crippen molar-refractivity contribution in [3.8, 4) is 0 Å². The van der Waals surface area contributed by atoms with Crippen LogP contribution in [0.15, 0.2) is 85.1 Å². The van der Waals surface area contributed by atoms with Gasteiger partial charge in [0.2, 0.25) is 17.7 Å². The number of carboxylic acid groups (broad SMARTS) is 1. The van der Waals surface area contributed by atoms with E-state index in [-0.39, 0.29) is 42.9 Å². The number of likely N-dealkylation sites (tertiary alicyclic amines) is 1. The smallest absolute Gasteiger partial charge is 0.410 e. The number of nitrogens with zero attached hydrogens (tertiary/aromatic N) is 4. The highest BCUT2D eigenvalue weighted by molar-refractivity contribution is 6.06. The summed E-state index contributed by atoms with van der Waals surface area (Å²) in [5.74, 6) is -0.942. The van der Waals surface area contributed by atoms with Gasteiger partial charge in [-0.25, -0.2) is 14.6 Å². The molecule has 3 aliphatic rings. The molecule has 1 aromatic heterocycles. The number of hydrogen-bond donors (Lipinski definition) is 3. The van der Waals surface area contributed by atoms with Crippen molar-refractivity contribution in [2.24, 2.45) is 5.41 Å². The van der Waals surface area contributed by atoms with Crippen LogP contribution in [-0.2, 0) is 57.0 Å². The highest BCUT2D eigenvalue weighted by atomic mass is 16.6. The molecule has 308 valence electrons. The van der Waals surface area contributed by atoms with Gasteiger partial charge in [0.1, 0.15) is 18.0 Å². The zero-order valence-corrected chi connectivity index (χ0v) is 34.3. The van der Waals surface area contributed by atoms with E-state index in [0.717, 1.165) is 33.4 Å². The molecule has 0 saturated carbocycles. The quantitative estimate of drug-likeness (QED) is 0.156. The number of pyridine rings is 1. The molecule has 0 unspecified atom stereocenters. The maximum absolute atomic E-state index is 14.7. The lowest BCUT2D eigenvalue weighted by molar-refractivity contribution is -0.146. The Morgan fingerprint density at radius 3 is 2.27 bits per heavy atom. The summed E-state index contributed by atoms with van der Waals surface area (Å²) in [4.78, 5) is 76.0. The molecule has 3 aromatic carbocycles. The lowest BCUT2D eigenvalue weighted by Gasteiger charge is -2.41. The normalized spacial score (nSPS) is 18.1. The maximum atomic E-state index is 14.7. The van der Waals surface area contributed by atoms with Gasteiger partial charge in [-0.15, -0.1) is 0 Å². The van der Waals surface area contributed by atoms with E-state index in [1.54, 1.807) is 30.3 Å². The molecular formula is C46H52N6O7. The van der Waals surface area contributed by atoms with Crippen LogP contribution >= 0.6 is 0 Å². The van der Waals surface area contributed by atoms with Crippen molar-refractivity contribution >= 4 is 41.3 Å². The second kappa shape index (κ2) is 16.3. The largest absolute Gasteiger partial charge is 0.478 e. The van der Waals surface area contributed by atoms with E-state index < -0.39 is 28.5 Å². The Kier molecular flexibility index (Phi) is 11.3. The molecule has 13 nitrogen and oxygen atoms in total. The second-order valence-electron chi connectivity index (χ2n) is 17.4. The number of fused-ring (bicyclic) bond motifs is 3. The molecule has 1 atom stereocenters. The van der Waals surface area contributed by atoms with Gasteiger partial charge in [-0.2, -0.15) is 0 Å². The van der Waals surface area contributed by atoms with Crippen LogP contribution < -0.4 is 10.6 Å². The van der Waals surface area contributed by atoms with Gasteiger partial charge in [0.15, 0.2) is 0 Å². The lowest BCUT2D eigenvalue weighted by Crippen LogP contribution is -2.50. The first kappa shape index (κ1) is 41.1. The Labute approximate surface area is 344 Å². The van der Waals surface area contributed by atoms with Crippen molar-refractivity contribution in [2.75, 3.05) is 37.3 Å². The molecule has 3 N–H and O–H groups in total. The Morgan fingerprint density at radius 1 is 0.915 bits per heavy atom. The molecule has 0 radical (unpaired) electrons. The number of piperidine rings is 1. The number of hydrogen-bond acceptors (Lipinski definition) is 8. The Bertz CT molecular complexity index is 2280. The lowest BCUT2D eigenvalue weighted by atomic mass is 9.78. The summed E-state index contributed by atoms with van der Waals surface area (Å²) in [6, 6.07) is 23.9. The van der Waals surface area contributed by atoms with Crippen LogP contribution in [0.2, 0.25) is 0 Å². The standard InChI is InChI=1S/C46H52N6O7/c1-44(2,3)59-43(58)50(5)27-33-9-6-7-10-34(33)28-52(42(57)45(4)18-21-51(22-19-45)26-30-12-14-31(15-13-30)40(54)55)29-38(53)48-36-17-16-32-24-46(25-35(32)23-36)37-11-8-20-47-39(37)49-41(46)56/h6-17,20,23H,18-19,21-22,24-29H2,1-5H3,(H,48,53)(H,54,55)(H,47,49,56)/t46-/m1/s1.